The lowest BCUT2D eigenvalue weighted by atomic mass is 9.97. The number of nitrogens with zero attached hydrogens (tertiary/aromatic N) is 2. The zero-order valence-electron chi connectivity index (χ0n) is 11.0. The Hall–Kier alpha value is -1.18. The predicted octanol–water partition coefficient (Wildman–Crippen LogP) is 4.29. The number of halogens is 1. The molecule has 2 rings (SSSR count). The Morgan fingerprint density at radius 3 is 2.74 bits per heavy atom. The van der Waals surface area contributed by atoms with Gasteiger partial charge < -0.3 is 5.32 Å². The number of amidine groups is 1. The van der Waals surface area contributed by atoms with Gasteiger partial charge in [0.1, 0.15) is 0 Å². The topological polar surface area (TPSA) is 48.2 Å². The smallest absolute Gasteiger partial charge is 0.161 e. The van der Waals surface area contributed by atoms with Crippen molar-refractivity contribution in [3.8, 4) is 6.07 Å². The zero-order chi connectivity index (χ0) is 13.9. The third-order valence-electron chi connectivity index (χ3n) is 3.47. The van der Waals surface area contributed by atoms with Crippen LogP contribution in [0.1, 0.15) is 32.3 Å². The molecule has 0 saturated carbocycles. The van der Waals surface area contributed by atoms with E-state index in [4.69, 9.17) is 21.9 Å². The minimum Gasteiger partial charge on any atom is -0.334 e. The van der Waals surface area contributed by atoms with Crippen LogP contribution in [0.3, 0.4) is 0 Å². The first-order valence-corrected chi connectivity index (χ1v) is 7.68. The van der Waals surface area contributed by atoms with Crippen LogP contribution in [0.4, 0.5) is 5.69 Å². The van der Waals surface area contributed by atoms with Gasteiger partial charge in [-0.3, -0.25) is 4.99 Å². The van der Waals surface area contributed by atoms with Crippen LogP contribution in [0.25, 0.3) is 0 Å². The predicted molar refractivity (Wildman–Crippen MR) is 83.0 cm³/mol. The van der Waals surface area contributed by atoms with Crippen molar-refractivity contribution in [2.45, 2.75) is 32.2 Å². The normalized spacial score (nSPS) is 16.8. The second-order valence-corrected chi connectivity index (χ2v) is 5.94. The number of benzene rings is 1. The molecule has 5 heteroatoms. The number of nitriles is 1. The lowest BCUT2D eigenvalue weighted by molar-refractivity contribution is 0.456. The summed E-state index contributed by atoms with van der Waals surface area (Å²) in [6.07, 6.45) is 2.09. The summed E-state index contributed by atoms with van der Waals surface area (Å²) < 4.78 is 0. The number of nitrogens with one attached hydrogen (secondary N) is 1. The molecule has 1 N–H and O–H groups in total. The highest BCUT2D eigenvalue weighted by Gasteiger charge is 2.32. The third-order valence-corrected chi connectivity index (χ3v) is 4.93. The van der Waals surface area contributed by atoms with Crippen molar-refractivity contribution in [3.05, 3.63) is 28.8 Å². The molecule has 1 aliphatic rings. The summed E-state index contributed by atoms with van der Waals surface area (Å²) in [5.41, 5.74) is 1.43. The highest BCUT2D eigenvalue weighted by Crippen LogP contribution is 2.34. The van der Waals surface area contributed by atoms with E-state index >= 15 is 0 Å². The molecule has 0 amide bonds. The van der Waals surface area contributed by atoms with Gasteiger partial charge in [0.2, 0.25) is 0 Å². The van der Waals surface area contributed by atoms with Gasteiger partial charge in [-0.05, 0) is 31.0 Å². The molecule has 1 heterocycles. The largest absolute Gasteiger partial charge is 0.334 e. The summed E-state index contributed by atoms with van der Waals surface area (Å²) in [4.78, 5) is 4.78. The molecule has 100 valence electrons. The molecule has 19 heavy (non-hydrogen) atoms. The molecule has 0 aliphatic carbocycles. The molecule has 0 radical (unpaired) electrons. The maximum atomic E-state index is 8.81. The number of hydrogen-bond acceptors (Lipinski definition) is 4. The van der Waals surface area contributed by atoms with Crippen LogP contribution in [0.15, 0.2) is 23.2 Å². The van der Waals surface area contributed by atoms with E-state index in [-0.39, 0.29) is 5.54 Å². The molecule has 0 fully saturated rings. The van der Waals surface area contributed by atoms with E-state index < -0.39 is 0 Å². The molecular formula is C14H16ClN3S. The number of anilines is 1. The molecule has 1 aromatic rings. The Kier molecular flexibility index (Phi) is 4.38. The van der Waals surface area contributed by atoms with Crippen molar-refractivity contribution in [1.29, 1.82) is 5.26 Å². The van der Waals surface area contributed by atoms with Gasteiger partial charge in [0.05, 0.1) is 27.9 Å². The van der Waals surface area contributed by atoms with Gasteiger partial charge >= 0.3 is 0 Å². The Morgan fingerprint density at radius 2 is 2.21 bits per heavy atom. The van der Waals surface area contributed by atoms with Crippen molar-refractivity contribution in [1.82, 2.24) is 0 Å². The highest BCUT2D eigenvalue weighted by molar-refractivity contribution is 8.14. The van der Waals surface area contributed by atoms with Crippen LogP contribution in [0.5, 0.6) is 0 Å². The summed E-state index contributed by atoms with van der Waals surface area (Å²) in [7, 11) is 0. The van der Waals surface area contributed by atoms with Crippen molar-refractivity contribution in [2.75, 3.05) is 11.1 Å². The Labute approximate surface area is 123 Å². The molecule has 1 aliphatic heterocycles. The molecular weight excluding hydrogens is 278 g/mol. The summed E-state index contributed by atoms with van der Waals surface area (Å²) in [6.45, 7) is 4.34. The van der Waals surface area contributed by atoms with Gasteiger partial charge in [-0.2, -0.15) is 5.26 Å². The fourth-order valence-corrected chi connectivity index (χ4v) is 3.51. The highest BCUT2D eigenvalue weighted by atomic mass is 35.5. The SMILES string of the molecule is CCC1(CC)CSC(Nc2ccc(C#N)cc2Cl)=N1. The molecule has 0 aromatic heterocycles. The lowest BCUT2D eigenvalue weighted by Crippen LogP contribution is -2.24. The van der Waals surface area contributed by atoms with Gasteiger partial charge in [0, 0.05) is 5.75 Å². The maximum absolute atomic E-state index is 8.81. The van der Waals surface area contributed by atoms with E-state index in [9.17, 15) is 0 Å². The van der Waals surface area contributed by atoms with Crippen molar-refractivity contribution in [2.24, 2.45) is 4.99 Å². The van der Waals surface area contributed by atoms with Crippen molar-refractivity contribution >= 4 is 34.2 Å². The quantitative estimate of drug-likeness (QED) is 0.904. The molecule has 1 aromatic carbocycles. The standard InChI is InChI=1S/C14H16ClN3S/c1-3-14(4-2)9-19-13(18-14)17-12-6-5-10(8-16)7-11(12)15/h5-7H,3-4,9H2,1-2H3,(H,17,18). The molecule has 0 bridgehead atoms. The summed E-state index contributed by atoms with van der Waals surface area (Å²) >= 11 is 7.87. The summed E-state index contributed by atoms with van der Waals surface area (Å²) in [6, 6.07) is 7.31. The van der Waals surface area contributed by atoms with Crippen LogP contribution in [0.2, 0.25) is 5.02 Å². The Morgan fingerprint density at radius 1 is 1.47 bits per heavy atom. The minimum absolute atomic E-state index is 0.0616. The van der Waals surface area contributed by atoms with Crippen molar-refractivity contribution < 1.29 is 0 Å². The van der Waals surface area contributed by atoms with Gasteiger partial charge in [0.15, 0.2) is 5.17 Å². The Balaban J connectivity index is 2.17. The van der Waals surface area contributed by atoms with Crippen LogP contribution >= 0.6 is 23.4 Å². The fraction of sp³-hybridized carbons (Fsp3) is 0.429. The monoisotopic (exact) mass is 293 g/mol. The number of hydrogen-bond donors (Lipinski definition) is 1. The second-order valence-electron chi connectivity index (χ2n) is 4.57. The number of thioether (sulfide) groups is 1. The third kappa shape index (κ3) is 3.05. The van der Waals surface area contributed by atoms with Gasteiger partial charge in [-0.15, -0.1) is 0 Å². The first-order valence-electron chi connectivity index (χ1n) is 6.32. The van der Waals surface area contributed by atoms with Gasteiger partial charge in [0.25, 0.3) is 0 Å². The average molecular weight is 294 g/mol. The van der Waals surface area contributed by atoms with Gasteiger partial charge in [-0.1, -0.05) is 37.2 Å². The molecule has 0 unspecified atom stereocenters. The fourth-order valence-electron chi connectivity index (χ4n) is 1.96. The molecule has 0 atom stereocenters. The van der Waals surface area contributed by atoms with E-state index in [2.05, 4.69) is 25.2 Å². The number of rotatable bonds is 3. The van der Waals surface area contributed by atoms with Crippen LogP contribution in [0, 0.1) is 11.3 Å². The van der Waals surface area contributed by atoms with E-state index in [1.807, 2.05) is 6.07 Å². The van der Waals surface area contributed by atoms with Crippen LogP contribution < -0.4 is 5.32 Å². The van der Waals surface area contributed by atoms with Crippen LogP contribution in [-0.2, 0) is 0 Å². The lowest BCUT2D eigenvalue weighted by Gasteiger charge is -2.20. The minimum atomic E-state index is 0.0616. The zero-order valence-corrected chi connectivity index (χ0v) is 12.6. The first kappa shape index (κ1) is 14.2. The van der Waals surface area contributed by atoms with Crippen molar-refractivity contribution in [3.63, 3.8) is 0 Å². The molecule has 0 saturated heterocycles. The summed E-state index contributed by atoms with van der Waals surface area (Å²) in [5, 5.41) is 13.5. The summed E-state index contributed by atoms with van der Waals surface area (Å²) in [5.74, 6) is 1.01. The van der Waals surface area contributed by atoms with E-state index in [1.165, 1.54) is 0 Å². The molecule has 3 nitrogen and oxygen atoms in total. The average Bonchev–Trinajstić information content (AvgIpc) is 2.85. The second kappa shape index (κ2) is 5.85. The van der Waals surface area contributed by atoms with E-state index in [1.54, 1.807) is 23.9 Å². The van der Waals surface area contributed by atoms with E-state index in [0.717, 1.165) is 29.4 Å². The Bertz CT molecular complexity index is 544. The first-order chi connectivity index (χ1) is 9.12. The van der Waals surface area contributed by atoms with E-state index in [0.29, 0.717) is 10.6 Å². The van der Waals surface area contributed by atoms with Crippen LogP contribution in [-0.4, -0.2) is 16.5 Å². The molecule has 0 spiro atoms. The number of aliphatic imine (C=N–C) groups is 1. The maximum Gasteiger partial charge on any atom is 0.161 e. The van der Waals surface area contributed by atoms with Gasteiger partial charge in [-0.25, -0.2) is 0 Å².